The van der Waals surface area contributed by atoms with Gasteiger partial charge in [-0.1, -0.05) is 27.7 Å². The highest BCUT2D eigenvalue weighted by atomic mass is 32.2. The van der Waals surface area contributed by atoms with Gasteiger partial charge in [-0.25, -0.2) is 8.42 Å². The predicted molar refractivity (Wildman–Crippen MR) is 65.6 cm³/mol. The number of sulfone groups is 1. The van der Waals surface area contributed by atoms with Crippen LogP contribution in [0.15, 0.2) is 0 Å². The molecule has 0 aromatic rings. The Kier molecular flexibility index (Phi) is 5.81. The van der Waals surface area contributed by atoms with Crippen LogP contribution in [-0.4, -0.2) is 26.0 Å². The maximum absolute atomic E-state index is 11.4. The normalized spacial score (nSPS) is 15.3. The maximum atomic E-state index is 11.4. The van der Waals surface area contributed by atoms with Crippen molar-refractivity contribution in [2.75, 3.05) is 11.5 Å². The smallest absolute Gasteiger partial charge is 0.150 e. The first-order valence-corrected chi connectivity index (χ1v) is 7.47. The van der Waals surface area contributed by atoms with E-state index in [2.05, 4.69) is 20.8 Å². The highest BCUT2D eigenvalue weighted by molar-refractivity contribution is 7.91. The number of nitrogens with two attached hydrogens (primary N) is 1. The third-order valence-electron chi connectivity index (χ3n) is 2.60. The Labute approximate surface area is 94.4 Å². The molecule has 1 atom stereocenters. The summed E-state index contributed by atoms with van der Waals surface area (Å²) in [5.41, 5.74) is 6.02. The Balaban J connectivity index is 3.90. The van der Waals surface area contributed by atoms with Crippen molar-refractivity contribution in [3.05, 3.63) is 0 Å². The van der Waals surface area contributed by atoms with Crippen LogP contribution in [0.1, 0.15) is 47.0 Å². The van der Waals surface area contributed by atoms with Gasteiger partial charge in [-0.05, 0) is 24.7 Å². The summed E-state index contributed by atoms with van der Waals surface area (Å²) in [6.07, 6.45) is 2.17. The van der Waals surface area contributed by atoms with Crippen molar-refractivity contribution in [1.82, 2.24) is 0 Å². The molecule has 0 spiro atoms. The summed E-state index contributed by atoms with van der Waals surface area (Å²) in [5.74, 6) is 0.586. The molecule has 0 aliphatic carbocycles. The zero-order valence-electron chi connectivity index (χ0n) is 10.4. The Morgan fingerprint density at radius 3 is 2.13 bits per heavy atom. The molecule has 0 aliphatic rings. The van der Waals surface area contributed by atoms with Crippen molar-refractivity contribution in [1.29, 1.82) is 0 Å². The van der Waals surface area contributed by atoms with E-state index in [0.717, 1.165) is 6.42 Å². The van der Waals surface area contributed by atoms with Crippen molar-refractivity contribution in [3.8, 4) is 0 Å². The number of hydrogen-bond acceptors (Lipinski definition) is 3. The molecule has 92 valence electrons. The van der Waals surface area contributed by atoms with Gasteiger partial charge in [-0.15, -0.1) is 0 Å². The molecule has 0 rings (SSSR count). The summed E-state index contributed by atoms with van der Waals surface area (Å²) in [6.45, 7) is 8.13. The number of rotatable bonds is 6. The average Bonchev–Trinajstić information content (AvgIpc) is 2.01. The molecule has 4 heteroatoms. The van der Waals surface area contributed by atoms with Gasteiger partial charge in [0.2, 0.25) is 0 Å². The first kappa shape index (κ1) is 14.9. The third-order valence-corrected chi connectivity index (χ3v) is 4.54. The lowest BCUT2D eigenvalue weighted by Gasteiger charge is -2.26. The molecular weight excluding hydrogens is 210 g/mol. The van der Waals surface area contributed by atoms with Crippen molar-refractivity contribution >= 4 is 9.84 Å². The van der Waals surface area contributed by atoms with Crippen LogP contribution >= 0.6 is 0 Å². The molecule has 2 N–H and O–H groups in total. The predicted octanol–water partition coefficient (Wildman–Crippen LogP) is 1.96. The fourth-order valence-corrected chi connectivity index (χ4v) is 2.80. The quantitative estimate of drug-likeness (QED) is 0.765. The zero-order valence-corrected chi connectivity index (χ0v) is 11.2. The van der Waals surface area contributed by atoms with Gasteiger partial charge < -0.3 is 5.73 Å². The minimum absolute atomic E-state index is 0.0640. The molecule has 0 fully saturated rings. The fourth-order valence-electron chi connectivity index (χ4n) is 1.37. The molecule has 0 radical (unpaired) electrons. The molecule has 0 saturated heterocycles. The standard InChI is InChI=1S/C11H25NO2S/c1-5-8-15(13,14)9-6-7-10(12)11(2,3)4/h10H,5-9,12H2,1-4H3. The average molecular weight is 235 g/mol. The molecule has 0 amide bonds. The topological polar surface area (TPSA) is 60.2 Å². The molecule has 1 unspecified atom stereocenters. The largest absolute Gasteiger partial charge is 0.327 e. The Bertz CT molecular complexity index is 265. The molecule has 0 saturated carbocycles. The molecule has 15 heavy (non-hydrogen) atoms. The molecule has 0 aliphatic heterocycles. The van der Waals surface area contributed by atoms with Crippen LogP contribution in [0.25, 0.3) is 0 Å². The lowest BCUT2D eigenvalue weighted by atomic mass is 9.85. The van der Waals surface area contributed by atoms with Crippen molar-refractivity contribution in [3.63, 3.8) is 0 Å². The van der Waals surface area contributed by atoms with E-state index in [0.29, 0.717) is 18.6 Å². The van der Waals surface area contributed by atoms with E-state index in [9.17, 15) is 8.42 Å². The van der Waals surface area contributed by atoms with E-state index in [-0.39, 0.29) is 17.2 Å². The Hall–Kier alpha value is -0.0900. The first-order chi connectivity index (χ1) is 6.69. The molecule has 0 bridgehead atoms. The first-order valence-electron chi connectivity index (χ1n) is 5.65. The van der Waals surface area contributed by atoms with E-state index >= 15 is 0 Å². The van der Waals surface area contributed by atoms with E-state index < -0.39 is 9.84 Å². The minimum Gasteiger partial charge on any atom is -0.327 e. The summed E-state index contributed by atoms with van der Waals surface area (Å²) >= 11 is 0. The zero-order chi connectivity index (χ0) is 12.1. The highest BCUT2D eigenvalue weighted by Crippen LogP contribution is 2.20. The van der Waals surface area contributed by atoms with Crippen molar-refractivity contribution < 1.29 is 8.42 Å². The third kappa shape index (κ3) is 6.90. The number of hydrogen-bond donors (Lipinski definition) is 1. The van der Waals surface area contributed by atoms with Crippen LogP contribution in [0.4, 0.5) is 0 Å². The van der Waals surface area contributed by atoms with Gasteiger partial charge in [0.05, 0.1) is 5.75 Å². The van der Waals surface area contributed by atoms with Crippen LogP contribution in [0.2, 0.25) is 0 Å². The van der Waals surface area contributed by atoms with Crippen LogP contribution in [0, 0.1) is 5.41 Å². The van der Waals surface area contributed by atoms with Gasteiger partial charge in [0.15, 0.2) is 0 Å². The van der Waals surface area contributed by atoms with Crippen molar-refractivity contribution in [2.45, 2.75) is 53.0 Å². The Morgan fingerprint density at radius 1 is 1.20 bits per heavy atom. The van der Waals surface area contributed by atoms with Gasteiger partial charge in [0.25, 0.3) is 0 Å². The van der Waals surface area contributed by atoms with E-state index in [1.54, 1.807) is 0 Å². The fraction of sp³-hybridized carbons (Fsp3) is 1.00. The van der Waals surface area contributed by atoms with Crippen LogP contribution in [-0.2, 0) is 9.84 Å². The molecular formula is C11H25NO2S. The second-order valence-corrected chi connectivity index (χ2v) is 7.57. The maximum Gasteiger partial charge on any atom is 0.150 e. The lowest BCUT2D eigenvalue weighted by Crippen LogP contribution is -2.35. The van der Waals surface area contributed by atoms with Crippen LogP contribution < -0.4 is 5.73 Å². The molecule has 3 nitrogen and oxygen atoms in total. The van der Waals surface area contributed by atoms with Crippen LogP contribution in [0.5, 0.6) is 0 Å². The van der Waals surface area contributed by atoms with E-state index in [1.807, 2.05) is 6.92 Å². The second kappa shape index (κ2) is 5.85. The van der Waals surface area contributed by atoms with Gasteiger partial charge in [0, 0.05) is 11.8 Å². The summed E-state index contributed by atoms with van der Waals surface area (Å²) in [7, 11) is -2.83. The summed E-state index contributed by atoms with van der Waals surface area (Å²) in [4.78, 5) is 0. The van der Waals surface area contributed by atoms with Crippen LogP contribution in [0.3, 0.4) is 0 Å². The molecule has 0 aromatic heterocycles. The summed E-state index contributed by atoms with van der Waals surface area (Å²) < 4.78 is 22.8. The van der Waals surface area contributed by atoms with E-state index in [1.165, 1.54) is 0 Å². The minimum atomic E-state index is -2.83. The van der Waals surface area contributed by atoms with E-state index in [4.69, 9.17) is 5.73 Å². The second-order valence-electron chi connectivity index (χ2n) is 5.27. The molecule has 0 aromatic carbocycles. The van der Waals surface area contributed by atoms with Gasteiger partial charge in [-0.3, -0.25) is 0 Å². The van der Waals surface area contributed by atoms with Gasteiger partial charge >= 0.3 is 0 Å². The van der Waals surface area contributed by atoms with Gasteiger partial charge in [0.1, 0.15) is 9.84 Å². The highest BCUT2D eigenvalue weighted by Gasteiger charge is 2.20. The molecule has 0 heterocycles. The summed E-state index contributed by atoms with van der Waals surface area (Å²) in [6, 6.07) is 0.0781. The SMILES string of the molecule is CCCS(=O)(=O)CCCC(N)C(C)(C)C. The van der Waals surface area contributed by atoms with Gasteiger partial charge in [-0.2, -0.15) is 0 Å². The lowest BCUT2D eigenvalue weighted by molar-refractivity contribution is 0.304. The van der Waals surface area contributed by atoms with Crippen molar-refractivity contribution in [2.24, 2.45) is 11.1 Å². The Morgan fingerprint density at radius 2 is 1.73 bits per heavy atom. The monoisotopic (exact) mass is 235 g/mol. The summed E-state index contributed by atoms with van der Waals surface area (Å²) in [5, 5.41) is 0.